The Kier molecular flexibility index (Phi) is 7.21. The van der Waals surface area contributed by atoms with Crippen molar-refractivity contribution >= 4 is 28.6 Å². The molecule has 7 nitrogen and oxygen atoms in total. The molecule has 37 heavy (non-hydrogen) atoms. The van der Waals surface area contributed by atoms with Gasteiger partial charge in [-0.15, -0.1) is 0 Å². The van der Waals surface area contributed by atoms with Crippen LogP contribution in [0.1, 0.15) is 37.0 Å². The summed E-state index contributed by atoms with van der Waals surface area (Å²) in [6.07, 6.45) is 1.57. The standard InChI is InChI=1S/C30H31N3O4/c1-3-36-25-12-10-24(11-13-25)31-28(34)20(2)21-15-17-33(18-16-21)30(35)23-9-14-27-26(19-23)32-29(37-27)22-7-5-4-6-8-22/h4-14,19-21H,3,15-18H2,1-2H3,(H,31,34)/t20-/m1/s1. The molecule has 0 bridgehead atoms. The highest BCUT2D eigenvalue weighted by Gasteiger charge is 2.30. The Morgan fingerprint density at radius 1 is 1.05 bits per heavy atom. The SMILES string of the molecule is CCOc1ccc(NC(=O)[C@H](C)C2CCN(C(=O)c3ccc4oc(-c5ccccc5)nc4c3)CC2)cc1. The van der Waals surface area contributed by atoms with E-state index in [1.54, 1.807) is 12.1 Å². The van der Waals surface area contributed by atoms with Crippen molar-refractivity contribution < 1.29 is 18.7 Å². The second kappa shape index (κ2) is 10.9. The van der Waals surface area contributed by atoms with E-state index in [-0.39, 0.29) is 23.7 Å². The van der Waals surface area contributed by atoms with Crippen LogP contribution in [0, 0.1) is 11.8 Å². The molecule has 1 aliphatic rings. The van der Waals surface area contributed by atoms with Gasteiger partial charge in [0.05, 0.1) is 6.61 Å². The van der Waals surface area contributed by atoms with Gasteiger partial charge in [-0.2, -0.15) is 0 Å². The molecule has 1 fully saturated rings. The summed E-state index contributed by atoms with van der Waals surface area (Å²) in [5.74, 6) is 1.38. The zero-order chi connectivity index (χ0) is 25.8. The highest BCUT2D eigenvalue weighted by Crippen LogP contribution is 2.29. The highest BCUT2D eigenvalue weighted by molar-refractivity contribution is 5.97. The second-order valence-corrected chi connectivity index (χ2v) is 9.43. The van der Waals surface area contributed by atoms with Gasteiger partial charge in [-0.1, -0.05) is 25.1 Å². The number of aromatic nitrogens is 1. The monoisotopic (exact) mass is 497 g/mol. The summed E-state index contributed by atoms with van der Waals surface area (Å²) in [6.45, 7) is 5.75. The van der Waals surface area contributed by atoms with Crippen molar-refractivity contribution in [2.45, 2.75) is 26.7 Å². The van der Waals surface area contributed by atoms with Crippen molar-refractivity contribution in [1.29, 1.82) is 0 Å². The number of fused-ring (bicyclic) bond motifs is 1. The van der Waals surface area contributed by atoms with E-state index < -0.39 is 0 Å². The maximum absolute atomic E-state index is 13.2. The lowest BCUT2D eigenvalue weighted by atomic mass is 9.84. The van der Waals surface area contributed by atoms with E-state index >= 15 is 0 Å². The van der Waals surface area contributed by atoms with E-state index in [2.05, 4.69) is 10.3 Å². The molecule has 0 radical (unpaired) electrons. The number of hydrogen-bond acceptors (Lipinski definition) is 5. The van der Waals surface area contributed by atoms with E-state index in [0.29, 0.717) is 42.3 Å². The minimum atomic E-state index is -0.147. The van der Waals surface area contributed by atoms with Crippen LogP contribution in [-0.4, -0.2) is 41.4 Å². The maximum Gasteiger partial charge on any atom is 0.253 e. The Hall–Kier alpha value is -4.13. The smallest absolute Gasteiger partial charge is 0.253 e. The molecule has 4 aromatic rings. The summed E-state index contributed by atoms with van der Waals surface area (Å²) in [5, 5.41) is 3.01. The van der Waals surface area contributed by atoms with Gasteiger partial charge in [0.1, 0.15) is 11.3 Å². The van der Waals surface area contributed by atoms with Crippen LogP contribution in [0.4, 0.5) is 5.69 Å². The number of anilines is 1. The van der Waals surface area contributed by atoms with Gasteiger partial charge in [0.15, 0.2) is 5.58 Å². The quantitative estimate of drug-likeness (QED) is 0.337. The third-order valence-corrected chi connectivity index (χ3v) is 7.04. The first-order valence-electron chi connectivity index (χ1n) is 12.8. The van der Waals surface area contributed by atoms with Crippen LogP contribution in [0.2, 0.25) is 0 Å². The summed E-state index contributed by atoms with van der Waals surface area (Å²) in [5.41, 5.74) is 3.57. The Balaban J connectivity index is 1.18. The molecule has 5 rings (SSSR count). The first kappa shape index (κ1) is 24.6. The molecule has 0 spiro atoms. The number of nitrogens with one attached hydrogen (secondary N) is 1. The van der Waals surface area contributed by atoms with Crippen molar-refractivity contribution in [2.75, 3.05) is 25.0 Å². The van der Waals surface area contributed by atoms with Crippen molar-refractivity contribution in [3.63, 3.8) is 0 Å². The average molecular weight is 498 g/mol. The Morgan fingerprint density at radius 3 is 2.49 bits per heavy atom. The molecule has 1 saturated heterocycles. The average Bonchev–Trinajstić information content (AvgIpc) is 3.38. The Labute approximate surface area is 216 Å². The van der Waals surface area contributed by atoms with Crippen LogP contribution < -0.4 is 10.1 Å². The van der Waals surface area contributed by atoms with Gasteiger partial charge < -0.3 is 19.4 Å². The number of carbonyl (C=O) groups is 2. The van der Waals surface area contributed by atoms with Crippen molar-refractivity contribution in [3.8, 4) is 17.2 Å². The topological polar surface area (TPSA) is 84.7 Å². The van der Waals surface area contributed by atoms with Gasteiger partial charge in [0, 0.05) is 35.8 Å². The number of ether oxygens (including phenoxy) is 1. The van der Waals surface area contributed by atoms with E-state index in [1.807, 2.05) is 79.4 Å². The number of likely N-dealkylation sites (tertiary alicyclic amines) is 1. The lowest BCUT2D eigenvalue weighted by Crippen LogP contribution is -2.41. The number of rotatable bonds is 7. The molecule has 1 N–H and O–H groups in total. The molecule has 3 aromatic carbocycles. The van der Waals surface area contributed by atoms with E-state index in [1.165, 1.54) is 0 Å². The lowest BCUT2D eigenvalue weighted by molar-refractivity contribution is -0.121. The number of oxazole rings is 1. The number of benzene rings is 3. The van der Waals surface area contributed by atoms with Crippen LogP contribution in [0.5, 0.6) is 5.75 Å². The third-order valence-electron chi connectivity index (χ3n) is 7.04. The normalized spacial score (nSPS) is 14.9. The predicted octanol–water partition coefficient (Wildman–Crippen LogP) is 6.02. The Bertz CT molecular complexity index is 1370. The molecule has 0 saturated carbocycles. The zero-order valence-corrected chi connectivity index (χ0v) is 21.1. The molecule has 190 valence electrons. The van der Waals surface area contributed by atoms with Crippen LogP contribution in [-0.2, 0) is 4.79 Å². The minimum absolute atomic E-state index is 0.000333. The van der Waals surface area contributed by atoms with Crippen LogP contribution in [0.3, 0.4) is 0 Å². The first-order valence-corrected chi connectivity index (χ1v) is 12.8. The Morgan fingerprint density at radius 2 is 1.78 bits per heavy atom. The number of piperidine rings is 1. The molecule has 1 aromatic heterocycles. The summed E-state index contributed by atoms with van der Waals surface area (Å²) in [6, 6.07) is 22.5. The largest absolute Gasteiger partial charge is 0.494 e. The van der Waals surface area contributed by atoms with Gasteiger partial charge in [-0.3, -0.25) is 9.59 Å². The minimum Gasteiger partial charge on any atom is -0.494 e. The number of amides is 2. The number of carbonyl (C=O) groups excluding carboxylic acids is 2. The molecule has 2 amide bonds. The first-order chi connectivity index (χ1) is 18.0. The van der Waals surface area contributed by atoms with Crippen molar-refractivity contribution in [1.82, 2.24) is 9.88 Å². The molecule has 7 heteroatoms. The molecule has 1 aliphatic heterocycles. The van der Waals surface area contributed by atoms with Gasteiger partial charge in [-0.25, -0.2) is 4.98 Å². The van der Waals surface area contributed by atoms with Gasteiger partial charge >= 0.3 is 0 Å². The maximum atomic E-state index is 13.2. The zero-order valence-electron chi connectivity index (χ0n) is 21.1. The van der Waals surface area contributed by atoms with Crippen LogP contribution >= 0.6 is 0 Å². The fourth-order valence-corrected chi connectivity index (χ4v) is 4.82. The fourth-order valence-electron chi connectivity index (χ4n) is 4.82. The molecule has 0 aliphatic carbocycles. The molecular weight excluding hydrogens is 466 g/mol. The van der Waals surface area contributed by atoms with Crippen LogP contribution in [0.25, 0.3) is 22.6 Å². The van der Waals surface area contributed by atoms with Crippen molar-refractivity contribution in [2.24, 2.45) is 11.8 Å². The van der Waals surface area contributed by atoms with E-state index in [9.17, 15) is 9.59 Å². The highest BCUT2D eigenvalue weighted by atomic mass is 16.5. The van der Waals surface area contributed by atoms with Gasteiger partial charge in [-0.05, 0) is 80.3 Å². The molecule has 1 atom stereocenters. The van der Waals surface area contributed by atoms with Crippen LogP contribution in [0.15, 0.2) is 77.2 Å². The lowest BCUT2D eigenvalue weighted by Gasteiger charge is -2.34. The second-order valence-electron chi connectivity index (χ2n) is 9.43. The van der Waals surface area contributed by atoms with Gasteiger partial charge in [0.25, 0.3) is 5.91 Å². The van der Waals surface area contributed by atoms with Gasteiger partial charge in [0.2, 0.25) is 11.8 Å². The summed E-state index contributed by atoms with van der Waals surface area (Å²) in [7, 11) is 0. The fraction of sp³-hybridized carbons (Fsp3) is 0.300. The molecular formula is C30H31N3O4. The number of hydrogen-bond donors (Lipinski definition) is 1. The molecule has 0 unspecified atom stereocenters. The number of nitrogens with zero attached hydrogens (tertiary/aromatic N) is 2. The predicted molar refractivity (Wildman–Crippen MR) is 143 cm³/mol. The summed E-state index contributed by atoms with van der Waals surface area (Å²) in [4.78, 5) is 32.5. The summed E-state index contributed by atoms with van der Waals surface area (Å²) < 4.78 is 11.3. The van der Waals surface area contributed by atoms with E-state index in [0.717, 1.165) is 29.8 Å². The molecule has 2 heterocycles. The third kappa shape index (κ3) is 5.50. The summed E-state index contributed by atoms with van der Waals surface area (Å²) >= 11 is 0. The van der Waals surface area contributed by atoms with E-state index in [4.69, 9.17) is 9.15 Å². The van der Waals surface area contributed by atoms with Crippen molar-refractivity contribution in [3.05, 3.63) is 78.4 Å².